The number of rotatable bonds is 9. The molecule has 5 aromatic rings. The maximum absolute atomic E-state index is 5.75. The minimum Gasteiger partial charge on any atom is -0.493 e. The van der Waals surface area contributed by atoms with E-state index in [9.17, 15) is 0 Å². The molecule has 9 nitrogen and oxygen atoms in total. The first-order chi connectivity index (χ1) is 21.5. The molecule has 0 radical (unpaired) electrons. The SMILES string of the molecule is COc1cc(/C=C2\SCc3c2nc2c(c(C)nn2-c2ccccc2)c3-c2cc(OC)c(OC)c(OC)c2)cc(OC)c1OC. The fraction of sp³-hybridized carbons (Fsp3) is 0.235. The molecule has 0 spiro atoms. The van der Waals surface area contributed by atoms with Crippen molar-refractivity contribution in [3.63, 3.8) is 0 Å². The van der Waals surface area contributed by atoms with Crippen LogP contribution in [0.2, 0.25) is 0 Å². The van der Waals surface area contributed by atoms with Crippen molar-refractivity contribution in [2.45, 2.75) is 12.7 Å². The van der Waals surface area contributed by atoms with E-state index < -0.39 is 0 Å². The van der Waals surface area contributed by atoms with Gasteiger partial charge in [-0.15, -0.1) is 11.8 Å². The summed E-state index contributed by atoms with van der Waals surface area (Å²) >= 11 is 1.73. The van der Waals surface area contributed by atoms with Crippen molar-refractivity contribution in [1.29, 1.82) is 0 Å². The lowest BCUT2D eigenvalue weighted by Crippen LogP contribution is -2.01. The zero-order chi connectivity index (χ0) is 31.0. The van der Waals surface area contributed by atoms with Crippen LogP contribution in [0, 0.1) is 6.92 Å². The smallest absolute Gasteiger partial charge is 0.203 e. The van der Waals surface area contributed by atoms with Crippen molar-refractivity contribution in [3.05, 3.63) is 77.1 Å². The number of thioether (sulfide) groups is 1. The number of fused-ring (bicyclic) bond motifs is 2. The number of methoxy groups -OCH3 is 6. The van der Waals surface area contributed by atoms with Crippen LogP contribution >= 0.6 is 11.8 Å². The van der Waals surface area contributed by atoms with Crippen molar-refractivity contribution >= 4 is 33.8 Å². The Hall–Kier alpha value is -4.83. The van der Waals surface area contributed by atoms with Gasteiger partial charge in [0.2, 0.25) is 11.5 Å². The summed E-state index contributed by atoms with van der Waals surface area (Å²) < 4.78 is 35.8. The molecule has 0 saturated carbocycles. The molecule has 0 unspecified atom stereocenters. The molecule has 0 atom stereocenters. The number of benzene rings is 3. The van der Waals surface area contributed by atoms with E-state index in [0.717, 1.165) is 61.0 Å². The van der Waals surface area contributed by atoms with Crippen LogP contribution in [0.4, 0.5) is 0 Å². The average Bonchev–Trinajstić information content (AvgIpc) is 3.62. The molecule has 226 valence electrons. The number of ether oxygens (including phenoxy) is 6. The Labute approximate surface area is 260 Å². The number of nitrogens with zero attached hydrogens (tertiary/aromatic N) is 3. The summed E-state index contributed by atoms with van der Waals surface area (Å²) in [7, 11) is 9.68. The van der Waals surface area contributed by atoms with Crippen LogP contribution in [-0.2, 0) is 5.75 Å². The summed E-state index contributed by atoms with van der Waals surface area (Å²) in [5.41, 5.74) is 7.40. The summed E-state index contributed by atoms with van der Waals surface area (Å²) in [5, 5.41) is 5.94. The molecule has 6 rings (SSSR count). The standard InChI is InChI=1S/C34H33N3O6S/c1-19-29-30(21-16-26(40-4)33(43-7)27(17-21)41-5)23-18-44-28(15-20-13-24(38-2)32(42-6)25(14-20)39-3)31(23)35-34(29)37(36-19)22-11-9-8-10-12-22/h8-17H,18H2,1-7H3/b28-15-. The van der Waals surface area contributed by atoms with Crippen molar-refractivity contribution in [3.8, 4) is 51.3 Å². The van der Waals surface area contributed by atoms with E-state index in [2.05, 4.69) is 6.08 Å². The predicted molar refractivity (Wildman–Crippen MR) is 174 cm³/mol. The van der Waals surface area contributed by atoms with Crippen LogP contribution in [0.25, 0.3) is 38.8 Å². The molecule has 1 aliphatic heterocycles. The van der Waals surface area contributed by atoms with E-state index in [0.29, 0.717) is 34.5 Å². The highest BCUT2D eigenvalue weighted by Crippen LogP contribution is 2.51. The quantitative estimate of drug-likeness (QED) is 0.172. The van der Waals surface area contributed by atoms with Gasteiger partial charge in [0, 0.05) is 16.2 Å². The van der Waals surface area contributed by atoms with Crippen LogP contribution in [-0.4, -0.2) is 57.4 Å². The maximum atomic E-state index is 5.75. The molecule has 0 fully saturated rings. The summed E-state index contributed by atoms with van der Waals surface area (Å²) in [5.74, 6) is 4.12. The molecule has 44 heavy (non-hydrogen) atoms. The van der Waals surface area contributed by atoms with E-state index >= 15 is 0 Å². The van der Waals surface area contributed by atoms with Crippen LogP contribution in [0.15, 0.2) is 54.6 Å². The first kappa shape index (κ1) is 29.3. The van der Waals surface area contributed by atoms with Gasteiger partial charge >= 0.3 is 0 Å². The maximum Gasteiger partial charge on any atom is 0.203 e. The van der Waals surface area contributed by atoms with Crippen molar-refractivity contribution < 1.29 is 28.4 Å². The highest BCUT2D eigenvalue weighted by Gasteiger charge is 2.30. The molecule has 0 amide bonds. The van der Waals surface area contributed by atoms with Gasteiger partial charge in [0.25, 0.3) is 0 Å². The molecule has 1 aliphatic rings. The summed E-state index contributed by atoms with van der Waals surface area (Å²) in [4.78, 5) is 6.31. The first-order valence-electron chi connectivity index (χ1n) is 13.9. The molecule has 0 saturated heterocycles. The van der Waals surface area contributed by atoms with Crippen molar-refractivity contribution in [1.82, 2.24) is 14.8 Å². The number of hydrogen-bond donors (Lipinski definition) is 0. The second-order valence-electron chi connectivity index (χ2n) is 10.0. The summed E-state index contributed by atoms with van der Waals surface area (Å²) in [6.07, 6.45) is 2.11. The summed E-state index contributed by atoms with van der Waals surface area (Å²) in [6, 6.07) is 17.9. The van der Waals surface area contributed by atoms with Gasteiger partial charge in [-0.2, -0.15) is 5.10 Å². The van der Waals surface area contributed by atoms with Gasteiger partial charge in [-0.3, -0.25) is 0 Å². The number of hydrogen-bond acceptors (Lipinski definition) is 9. The molecular weight excluding hydrogens is 578 g/mol. The van der Waals surface area contributed by atoms with E-state index in [1.54, 1.807) is 54.4 Å². The topological polar surface area (TPSA) is 86.1 Å². The second kappa shape index (κ2) is 12.0. The molecule has 0 aliphatic carbocycles. The lowest BCUT2D eigenvalue weighted by molar-refractivity contribution is 0.324. The van der Waals surface area contributed by atoms with Crippen LogP contribution < -0.4 is 28.4 Å². The monoisotopic (exact) mass is 611 g/mol. The van der Waals surface area contributed by atoms with Gasteiger partial charge in [0.1, 0.15) is 0 Å². The number of aromatic nitrogens is 3. The normalized spacial score (nSPS) is 13.2. The third kappa shape index (κ3) is 4.85. The average molecular weight is 612 g/mol. The Morgan fingerprint density at radius 2 is 1.32 bits per heavy atom. The van der Waals surface area contributed by atoms with E-state index in [1.165, 1.54) is 0 Å². The van der Waals surface area contributed by atoms with Gasteiger partial charge in [-0.1, -0.05) is 18.2 Å². The molecular formula is C34H33N3O6S. The predicted octanol–water partition coefficient (Wildman–Crippen LogP) is 7.19. The molecule has 0 bridgehead atoms. The van der Waals surface area contributed by atoms with Gasteiger partial charge in [0.05, 0.1) is 65.1 Å². The lowest BCUT2D eigenvalue weighted by atomic mass is 9.94. The number of para-hydroxylation sites is 1. The van der Waals surface area contributed by atoms with Crippen LogP contribution in [0.1, 0.15) is 22.5 Å². The largest absolute Gasteiger partial charge is 0.493 e. The zero-order valence-electron chi connectivity index (χ0n) is 25.7. The van der Waals surface area contributed by atoms with Gasteiger partial charge in [0.15, 0.2) is 28.6 Å². The number of aryl methyl sites for hydroxylation is 1. The van der Waals surface area contributed by atoms with Crippen LogP contribution in [0.3, 0.4) is 0 Å². The van der Waals surface area contributed by atoms with E-state index in [1.807, 2.05) is 66.2 Å². The van der Waals surface area contributed by atoms with Crippen molar-refractivity contribution in [2.75, 3.05) is 42.7 Å². The Morgan fingerprint density at radius 3 is 1.86 bits per heavy atom. The Bertz CT molecular complexity index is 1850. The minimum atomic E-state index is 0.537. The fourth-order valence-corrected chi connectivity index (χ4v) is 6.76. The highest BCUT2D eigenvalue weighted by atomic mass is 32.2. The van der Waals surface area contributed by atoms with E-state index in [4.69, 9.17) is 38.5 Å². The van der Waals surface area contributed by atoms with Gasteiger partial charge in [-0.25, -0.2) is 9.67 Å². The third-order valence-corrected chi connectivity index (χ3v) is 8.69. The Balaban J connectivity index is 1.65. The zero-order valence-corrected chi connectivity index (χ0v) is 26.5. The molecule has 3 heterocycles. The Kier molecular flexibility index (Phi) is 8.01. The number of pyridine rings is 1. The highest BCUT2D eigenvalue weighted by molar-refractivity contribution is 8.08. The first-order valence-corrected chi connectivity index (χ1v) is 14.9. The lowest BCUT2D eigenvalue weighted by Gasteiger charge is -2.17. The third-order valence-electron chi connectivity index (χ3n) is 7.64. The van der Waals surface area contributed by atoms with Crippen LogP contribution in [0.5, 0.6) is 34.5 Å². The van der Waals surface area contributed by atoms with E-state index in [-0.39, 0.29) is 0 Å². The van der Waals surface area contributed by atoms with Gasteiger partial charge < -0.3 is 28.4 Å². The minimum absolute atomic E-state index is 0.537. The summed E-state index contributed by atoms with van der Waals surface area (Å²) in [6.45, 7) is 2.02. The molecule has 10 heteroatoms. The second-order valence-corrected chi connectivity index (χ2v) is 11.0. The van der Waals surface area contributed by atoms with Gasteiger partial charge in [-0.05, 0) is 66.1 Å². The Morgan fingerprint density at radius 1 is 0.750 bits per heavy atom. The van der Waals surface area contributed by atoms with Crippen molar-refractivity contribution in [2.24, 2.45) is 0 Å². The molecule has 0 N–H and O–H groups in total. The molecule has 2 aromatic heterocycles. The fourth-order valence-electron chi connectivity index (χ4n) is 5.66. The molecule has 3 aromatic carbocycles.